The van der Waals surface area contributed by atoms with Crippen LogP contribution in [0.25, 0.3) is 0 Å². The molecule has 3 nitrogen and oxygen atoms in total. The van der Waals surface area contributed by atoms with E-state index in [1.54, 1.807) is 5.56 Å². The summed E-state index contributed by atoms with van der Waals surface area (Å²) >= 11 is 0. The van der Waals surface area contributed by atoms with Crippen molar-refractivity contribution < 1.29 is 0 Å². The second-order valence-electron chi connectivity index (χ2n) is 6.97. The largest absolute Gasteiger partial charge is 0.312 e. The van der Waals surface area contributed by atoms with E-state index in [1.165, 1.54) is 57.5 Å². The van der Waals surface area contributed by atoms with E-state index in [0.29, 0.717) is 12.1 Å². The van der Waals surface area contributed by atoms with Crippen LogP contribution < -0.4 is 5.32 Å². The number of fused-ring (bicyclic) bond motifs is 3. The van der Waals surface area contributed by atoms with Gasteiger partial charge in [0.15, 0.2) is 0 Å². The van der Waals surface area contributed by atoms with E-state index >= 15 is 0 Å². The maximum atomic E-state index is 3.61. The highest BCUT2D eigenvalue weighted by molar-refractivity contribution is 5.31. The first-order valence-electron chi connectivity index (χ1n) is 8.58. The third-order valence-electron chi connectivity index (χ3n) is 5.86. The smallest absolute Gasteiger partial charge is 0.0488 e. The summed E-state index contributed by atoms with van der Waals surface area (Å²) in [6.45, 7) is 6.22. The second-order valence-corrected chi connectivity index (χ2v) is 6.97. The van der Waals surface area contributed by atoms with Gasteiger partial charge in [-0.2, -0.15) is 0 Å². The number of nitrogens with one attached hydrogen (secondary N) is 1. The van der Waals surface area contributed by atoms with Gasteiger partial charge in [-0.25, -0.2) is 0 Å². The van der Waals surface area contributed by atoms with Crippen molar-refractivity contribution in [3.8, 4) is 0 Å². The highest BCUT2D eigenvalue weighted by atomic mass is 15.4. The van der Waals surface area contributed by atoms with Crippen LogP contribution in [0.5, 0.6) is 0 Å². The van der Waals surface area contributed by atoms with E-state index in [4.69, 9.17) is 0 Å². The minimum Gasteiger partial charge on any atom is -0.312 e. The van der Waals surface area contributed by atoms with Gasteiger partial charge < -0.3 is 5.32 Å². The highest BCUT2D eigenvalue weighted by Crippen LogP contribution is 2.37. The molecule has 1 aromatic rings. The molecular formula is C18H27N3. The lowest BCUT2D eigenvalue weighted by atomic mass is 9.79. The Morgan fingerprint density at radius 1 is 1.14 bits per heavy atom. The Morgan fingerprint density at radius 3 is 2.52 bits per heavy atom. The molecule has 1 N–H and O–H groups in total. The van der Waals surface area contributed by atoms with Gasteiger partial charge in [0.1, 0.15) is 0 Å². The first-order valence-corrected chi connectivity index (χ1v) is 8.58. The molecule has 3 aliphatic heterocycles. The molecule has 0 aromatic heterocycles. The Balaban J connectivity index is 1.57. The quantitative estimate of drug-likeness (QED) is 0.915. The topological polar surface area (TPSA) is 18.5 Å². The minimum absolute atomic E-state index is 0.466. The number of rotatable bonds is 4. The van der Waals surface area contributed by atoms with Crippen molar-refractivity contribution in [2.45, 2.75) is 37.3 Å². The zero-order valence-electron chi connectivity index (χ0n) is 13.1. The predicted octanol–water partition coefficient (Wildman–Crippen LogP) is 2.21. The summed E-state index contributed by atoms with van der Waals surface area (Å²) < 4.78 is 0. The number of hydrogen-bond acceptors (Lipinski definition) is 3. The van der Waals surface area contributed by atoms with Gasteiger partial charge in [0, 0.05) is 44.8 Å². The highest BCUT2D eigenvalue weighted by Gasteiger charge is 2.37. The lowest BCUT2D eigenvalue weighted by molar-refractivity contribution is -0.00256. The van der Waals surface area contributed by atoms with Crippen LogP contribution in [0.2, 0.25) is 0 Å². The second kappa shape index (κ2) is 5.71. The molecule has 1 saturated carbocycles. The van der Waals surface area contributed by atoms with Gasteiger partial charge in [-0.3, -0.25) is 9.80 Å². The summed E-state index contributed by atoms with van der Waals surface area (Å²) in [6, 6.07) is 10.5. The lowest BCUT2D eigenvalue weighted by Gasteiger charge is -2.50. The van der Waals surface area contributed by atoms with E-state index in [9.17, 15) is 0 Å². The molecule has 1 aliphatic carbocycles. The van der Waals surface area contributed by atoms with Crippen molar-refractivity contribution >= 4 is 0 Å². The van der Waals surface area contributed by atoms with Crippen molar-refractivity contribution in [3.63, 3.8) is 0 Å². The average Bonchev–Trinajstić information content (AvgIpc) is 2.48. The van der Waals surface area contributed by atoms with Gasteiger partial charge in [0.05, 0.1) is 0 Å². The zero-order chi connectivity index (χ0) is 14.2. The SMILES string of the molecule is CNC(c1cccc(C2CCC2)c1)C1CN2CCN1CC2. The van der Waals surface area contributed by atoms with Crippen molar-refractivity contribution in [3.05, 3.63) is 35.4 Å². The molecular weight excluding hydrogens is 258 g/mol. The van der Waals surface area contributed by atoms with Crippen molar-refractivity contribution in [2.75, 3.05) is 39.8 Å². The third-order valence-corrected chi connectivity index (χ3v) is 5.86. The number of piperazine rings is 3. The van der Waals surface area contributed by atoms with Crippen molar-refractivity contribution in [1.29, 1.82) is 0 Å². The summed E-state index contributed by atoms with van der Waals surface area (Å²) in [5, 5.41) is 3.61. The molecule has 3 heterocycles. The van der Waals surface area contributed by atoms with Crippen LogP contribution in [0.3, 0.4) is 0 Å². The molecule has 4 aliphatic rings. The first kappa shape index (κ1) is 13.7. The summed E-state index contributed by atoms with van der Waals surface area (Å²) in [4.78, 5) is 5.32. The van der Waals surface area contributed by atoms with E-state index in [2.05, 4.69) is 46.4 Å². The molecule has 114 valence electrons. The van der Waals surface area contributed by atoms with Crippen LogP contribution in [-0.2, 0) is 0 Å². The Kier molecular flexibility index (Phi) is 3.74. The molecule has 0 spiro atoms. The predicted molar refractivity (Wildman–Crippen MR) is 86.6 cm³/mol. The average molecular weight is 285 g/mol. The molecule has 0 radical (unpaired) electrons. The molecule has 2 atom stereocenters. The minimum atomic E-state index is 0.466. The number of likely N-dealkylation sites (N-methyl/N-ethyl adjacent to an activating group) is 1. The van der Waals surface area contributed by atoms with E-state index in [-0.39, 0.29) is 0 Å². The lowest BCUT2D eigenvalue weighted by Crippen LogP contribution is -2.63. The first-order chi connectivity index (χ1) is 10.3. The number of nitrogens with zero attached hydrogens (tertiary/aromatic N) is 2. The molecule has 2 bridgehead atoms. The maximum absolute atomic E-state index is 3.61. The molecule has 21 heavy (non-hydrogen) atoms. The van der Waals surface area contributed by atoms with Gasteiger partial charge in [0.2, 0.25) is 0 Å². The molecule has 3 saturated heterocycles. The normalized spacial score (nSPS) is 33.7. The van der Waals surface area contributed by atoms with Crippen LogP contribution in [-0.4, -0.2) is 55.6 Å². The number of benzene rings is 1. The van der Waals surface area contributed by atoms with Gasteiger partial charge >= 0.3 is 0 Å². The Labute approximate surface area is 128 Å². The van der Waals surface area contributed by atoms with Crippen molar-refractivity contribution in [2.24, 2.45) is 0 Å². The third kappa shape index (κ3) is 2.52. The fourth-order valence-electron chi connectivity index (χ4n) is 4.30. The molecule has 1 aromatic carbocycles. The van der Waals surface area contributed by atoms with Crippen LogP contribution in [0.1, 0.15) is 42.3 Å². The van der Waals surface area contributed by atoms with E-state index in [1.807, 2.05) is 0 Å². The Bertz CT molecular complexity index is 489. The molecule has 2 unspecified atom stereocenters. The summed E-state index contributed by atoms with van der Waals surface area (Å²) in [5.74, 6) is 0.828. The molecule has 0 amide bonds. The summed E-state index contributed by atoms with van der Waals surface area (Å²) in [7, 11) is 2.12. The zero-order valence-corrected chi connectivity index (χ0v) is 13.1. The fourth-order valence-corrected chi connectivity index (χ4v) is 4.30. The fraction of sp³-hybridized carbons (Fsp3) is 0.667. The van der Waals surface area contributed by atoms with Crippen LogP contribution >= 0.6 is 0 Å². The van der Waals surface area contributed by atoms with Gasteiger partial charge in [0.25, 0.3) is 0 Å². The Hall–Kier alpha value is -0.900. The molecule has 4 fully saturated rings. The molecule has 5 rings (SSSR count). The van der Waals surface area contributed by atoms with Crippen LogP contribution in [0, 0.1) is 0 Å². The van der Waals surface area contributed by atoms with Gasteiger partial charge in [-0.05, 0) is 36.9 Å². The van der Waals surface area contributed by atoms with E-state index in [0.717, 1.165) is 5.92 Å². The van der Waals surface area contributed by atoms with Crippen molar-refractivity contribution in [1.82, 2.24) is 15.1 Å². The monoisotopic (exact) mass is 285 g/mol. The molecule has 3 heteroatoms. The summed E-state index contributed by atoms with van der Waals surface area (Å²) in [6.07, 6.45) is 4.18. The van der Waals surface area contributed by atoms with Crippen LogP contribution in [0.4, 0.5) is 0 Å². The van der Waals surface area contributed by atoms with Crippen LogP contribution in [0.15, 0.2) is 24.3 Å². The summed E-state index contributed by atoms with van der Waals surface area (Å²) in [5.41, 5.74) is 3.05. The standard InChI is InChI=1S/C18H27N3/c1-19-18(17-13-20-8-10-21(17)11-9-20)16-7-3-6-15(12-16)14-4-2-5-14/h3,6-7,12,14,17-19H,2,4-5,8-11,13H2,1H3. The Morgan fingerprint density at radius 2 is 1.95 bits per heavy atom. The van der Waals surface area contributed by atoms with Gasteiger partial charge in [-0.15, -0.1) is 0 Å². The van der Waals surface area contributed by atoms with Gasteiger partial charge in [-0.1, -0.05) is 30.7 Å². The van der Waals surface area contributed by atoms with E-state index < -0.39 is 0 Å². The number of hydrogen-bond donors (Lipinski definition) is 1. The maximum Gasteiger partial charge on any atom is 0.0488 e.